The number of nitrogens with zero attached hydrogens (tertiary/aromatic N) is 3. The molecule has 1 aromatic heterocycles. The smallest absolute Gasteiger partial charge is 0.239 e. The van der Waals surface area contributed by atoms with Gasteiger partial charge in [0.2, 0.25) is 5.91 Å². The summed E-state index contributed by atoms with van der Waals surface area (Å²) >= 11 is 0. The number of nitrogens with two attached hydrogens (primary N) is 1. The molecule has 1 atom stereocenters. The minimum Gasteiger partial charge on any atom is -0.336 e. The van der Waals surface area contributed by atoms with Gasteiger partial charge >= 0.3 is 0 Å². The minimum atomic E-state index is -0.427. The molecule has 0 aliphatic rings. The molecule has 0 radical (unpaired) electrons. The molecular weight excluding hydrogens is 264 g/mol. The summed E-state index contributed by atoms with van der Waals surface area (Å²) in [4.78, 5) is 20.6. The zero-order valence-corrected chi connectivity index (χ0v) is 13.6. The summed E-state index contributed by atoms with van der Waals surface area (Å²) in [5, 5.41) is 0. The molecule has 2 N–H and O–H groups in total. The molecule has 0 aliphatic heterocycles. The molecule has 1 rings (SSSR count). The van der Waals surface area contributed by atoms with Crippen LogP contribution in [-0.4, -0.2) is 53.9 Å². The third-order valence-corrected chi connectivity index (χ3v) is 3.27. The molecule has 0 unspecified atom stereocenters. The fourth-order valence-electron chi connectivity index (χ4n) is 2.14. The van der Waals surface area contributed by atoms with Crippen molar-refractivity contribution < 1.29 is 4.79 Å². The number of carbonyl (C=O) groups excluding carboxylic acids is 1. The van der Waals surface area contributed by atoms with Gasteiger partial charge in [0.05, 0.1) is 6.04 Å². The Morgan fingerprint density at radius 3 is 2.57 bits per heavy atom. The van der Waals surface area contributed by atoms with Crippen LogP contribution in [0.2, 0.25) is 0 Å². The molecule has 0 saturated heterocycles. The van der Waals surface area contributed by atoms with E-state index in [0.717, 1.165) is 12.1 Å². The molecule has 0 bridgehead atoms. The highest BCUT2D eigenvalue weighted by Gasteiger charge is 2.22. The van der Waals surface area contributed by atoms with E-state index in [1.807, 2.05) is 31.1 Å². The molecule has 0 saturated carbocycles. The molecule has 1 aromatic rings. The Morgan fingerprint density at radius 2 is 2.05 bits per heavy atom. The molecule has 5 heteroatoms. The molecule has 21 heavy (non-hydrogen) atoms. The van der Waals surface area contributed by atoms with Crippen LogP contribution in [-0.2, 0) is 11.3 Å². The van der Waals surface area contributed by atoms with Crippen molar-refractivity contribution in [2.45, 2.75) is 32.9 Å². The maximum Gasteiger partial charge on any atom is 0.239 e. The van der Waals surface area contributed by atoms with Crippen LogP contribution in [0.1, 0.15) is 25.8 Å². The first kappa shape index (κ1) is 17.6. The summed E-state index contributed by atoms with van der Waals surface area (Å²) in [5.74, 6) is 0.437. The summed E-state index contributed by atoms with van der Waals surface area (Å²) in [6.07, 6.45) is 4.24. The summed E-state index contributed by atoms with van der Waals surface area (Å²) in [6, 6.07) is 3.44. The monoisotopic (exact) mass is 292 g/mol. The van der Waals surface area contributed by atoms with Gasteiger partial charge in [0, 0.05) is 32.0 Å². The number of amides is 1. The molecule has 0 aromatic carbocycles. The minimum absolute atomic E-state index is 0.0226. The van der Waals surface area contributed by atoms with Crippen LogP contribution in [0.4, 0.5) is 0 Å². The summed E-state index contributed by atoms with van der Waals surface area (Å²) in [6.45, 7) is 6.22. The molecule has 118 valence electrons. The fourth-order valence-corrected chi connectivity index (χ4v) is 2.14. The van der Waals surface area contributed by atoms with Crippen LogP contribution in [0.3, 0.4) is 0 Å². The number of rotatable bonds is 8. The van der Waals surface area contributed by atoms with Crippen molar-refractivity contribution in [2.24, 2.45) is 11.7 Å². The van der Waals surface area contributed by atoms with E-state index in [0.29, 0.717) is 25.4 Å². The van der Waals surface area contributed by atoms with Crippen molar-refractivity contribution in [1.29, 1.82) is 0 Å². The van der Waals surface area contributed by atoms with E-state index < -0.39 is 6.04 Å². The highest BCUT2D eigenvalue weighted by atomic mass is 16.2. The zero-order valence-electron chi connectivity index (χ0n) is 13.6. The lowest BCUT2D eigenvalue weighted by molar-refractivity contribution is -0.133. The molecule has 0 spiro atoms. The Balaban J connectivity index is 2.73. The number of carbonyl (C=O) groups is 1. The van der Waals surface area contributed by atoms with E-state index in [9.17, 15) is 4.79 Å². The van der Waals surface area contributed by atoms with E-state index >= 15 is 0 Å². The number of pyridine rings is 1. The number of aromatic nitrogens is 1. The van der Waals surface area contributed by atoms with Gasteiger partial charge in [0.15, 0.2) is 0 Å². The van der Waals surface area contributed by atoms with E-state index in [1.54, 1.807) is 12.4 Å². The van der Waals surface area contributed by atoms with Crippen LogP contribution in [0.5, 0.6) is 0 Å². The normalized spacial score (nSPS) is 12.7. The third kappa shape index (κ3) is 6.69. The van der Waals surface area contributed by atoms with E-state index in [2.05, 4.69) is 23.7 Å². The molecule has 0 fully saturated rings. The summed E-state index contributed by atoms with van der Waals surface area (Å²) in [7, 11) is 4.00. The average molecular weight is 292 g/mol. The SMILES string of the molecule is CC(C)C[C@@H](N)C(=O)N(CCN(C)C)Cc1cccnc1. The lowest BCUT2D eigenvalue weighted by atomic mass is 10.0. The molecular formula is C16H28N4O. The average Bonchev–Trinajstić information content (AvgIpc) is 2.42. The van der Waals surface area contributed by atoms with Gasteiger partial charge in [-0.05, 0) is 38.1 Å². The Bertz CT molecular complexity index is 420. The van der Waals surface area contributed by atoms with Gasteiger partial charge in [-0.3, -0.25) is 9.78 Å². The van der Waals surface area contributed by atoms with Gasteiger partial charge in [-0.15, -0.1) is 0 Å². The lowest BCUT2D eigenvalue weighted by Crippen LogP contribution is -2.46. The molecule has 0 aliphatic carbocycles. The third-order valence-electron chi connectivity index (χ3n) is 3.27. The lowest BCUT2D eigenvalue weighted by Gasteiger charge is -2.27. The molecule has 5 nitrogen and oxygen atoms in total. The Labute approximate surface area is 128 Å². The number of likely N-dealkylation sites (N-methyl/N-ethyl adjacent to an activating group) is 1. The van der Waals surface area contributed by atoms with Crippen molar-refractivity contribution in [3.63, 3.8) is 0 Å². The largest absolute Gasteiger partial charge is 0.336 e. The fraction of sp³-hybridized carbons (Fsp3) is 0.625. The van der Waals surface area contributed by atoms with E-state index in [4.69, 9.17) is 5.73 Å². The van der Waals surface area contributed by atoms with E-state index in [-0.39, 0.29) is 5.91 Å². The number of hydrogen-bond donors (Lipinski definition) is 1. The van der Waals surface area contributed by atoms with Crippen molar-refractivity contribution in [2.75, 3.05) is 27.2 Å². The van der Waals surface area contributed by atoms with Crippen LogP contribution in [0.15, 0.2) is 24.5 Å². The zero-order chi connectivity index (χ0) is 15.8. The predicted octanol–water partition coefficient (Wildman–Crippen LogP) is 1.35. The highest BCUT2D eigenvalue weighted by molar-refractivity contribution is 5.81. The first-order valence-corrected chi connectivity index (χ1v) is 7.48. The second kappa shape index (κ2) is 8.74. The van der Waals surface area contributed by atoms with Gasteiger partial charge in [0.25, 0.3) is 0 Å². The van der Waals surface area contributed by atoms with Gasteiger partial charge in [-0.2, -0.15) is 0 Å². The Kier molecular flexibility index (Phi) is 7.32. The van der Waals surface area contributed by atoms with E-state index in [1.165, 1.54) is 0 Å². The van der Waals surface area contributed by atoms with Gasteiger partial charge in [0.1, 0.15) is 0 Å². The van der Waals surface area contributed by atoms with Gasteiger partial charge < -0.3 is 15.5 Å². The van der Waals surface area contributed by atoms with Crippen LogP contribution >= 0.6 is 0 Å². The maximum absolute atomic E-state index is 12.6. The second-order valence-corrected chi connectivity index (χ2v) is 6.16. The molecule has 1 heterocycles. The van der Waals surface area contributed by atoms with Crippen molar-refractivity contribution in [3.05, 3.63) is 30.1 Å². The van der Waals surface area contributed by atoms with Crippen molar-refractivity contribution in [1.82, 2.24) is 14.8 Å². The van der Waals surface area contributed by atoms with Crippen LogP contribution in [0, 0.1) is 5.92 Å². The Hall–Kier alpha value is -1.46. The quantitative estimate of drug-likeness (QED) is 0.785. The first-order valence-electron chi connectivity index (χ1n) is 7.48. The molecule has 1 amide bonds. The second-order valence-electron chi connectivity index (χ2n) is 6.16. The van der Waals surface area contributed by atoms with Gasteiger partial charge in [-0.25, -0.2) is 0 Å². The predicted molar refractivity (Wildman–Crippen MR) is 85.6 cm³/mol. The van der Waals surface area contributed by atoms with Crippen LogP contribution in [0.25, 0.3) is 0 Å². The number of hydrogen-bond acceptors (Lipinski definition) is 4. The van der Waals surface area contributed by atoms with Crippen molar-refractivity contribution in [3.8, 4) is 0 Å². The standard InChI is InChI=1S/C16H28N4O/c1-13(2)10-15(17)16(21)20(9-8-19(3)4)12-14-6-5-7-18-11-14/h5-7,11,13,15H,8-10,12,17H2,1-4H3/t15-/m1/s1. The first-order chi connectivity index (χ1) is 9.90. The summed E-state index contributed by atoms with van der Waals surface area (Å²) in [5.41, 5.74) is 7.09. The maximum atomic E-state index is 12.6. The van der Waals surface area contributed by atoms with Crippen molar-refractivity contribution >= 4 is 5.91 Å². The van der Waals surface area contributed by atoms with Crippen LogP contribution < -0.4 is 5.73 Å². The Morgan fingerprint density at radius 1 is 1.33 bits per heavy atom. The topological polar surface area (TPSA) is 62.5 Å². The highest BCUT2D eigenvalue weighted by Crippen LogP contribution is 2.09. The summed E-state index contributed by atoms with van der Waals surface area (Å²) < 4.78 is 0. The van der Waals surface area contributed by atoms with Gasteiger partial charge in [-0.1, -0.05) is 19.9 Å².